The Morgan fingerprint density at radius 3 is 2.42 bits per heavy atom. The van der Waals surface area contributed by atoms with Crippen LogP contribution in [0.25, 0.3) is 21.9 Å². The molecule has 2 amide bonds. The van der Waals surface area contributed by atoms with Crippen molar-refractivity contribution < 1.29 is 18.7 Å². The quantitative estimate of drug-likeness (QED) is 0.271. The molecule has 0 spiro atoms. The van der Waals surface area contributed by atoms with Gasteiger partial charge in [-0.1, -0.05) is 0 Å². The van der Waals surface area contributed by atoms with Gasteiger partial charge in [-0.3, -0.25) is 9.69 Å². The van der Waals surface area contributed by atoms with Crippen molar-refractivity contribution in [3.8, 4) is 6.07 Å². The number of piperazine rings is 2. The van der Waals surface area contributed by atoms with E-state index in [1.165, 1.54) is 5.56 Å². The Labute approximate surface area is 264 Å². The van der Waals surface area contributed by atoms with Gasteiger partial charge in [0.05, 0.1) is 11.6 Å². The molecular weight excluding hydrogens is 568 g/mol. The summed E-state index contributed by atoms with van der Waals surface area (Å²) < 4.78 is 11.4. The standard InChI is InChI=1S/C35H42N6O4/c1-35(2,3)45-34(43)41-18-16-40(17-19-41)33(42)32-22-27-21-28(8-10-31(27)44-32)39-14-12-38(13-15-39)11-5-4-6-26-24-37-30-9-7-25(23-36)20-29(26)30/h7-10,20-22,24,37H,4-6,11-19H2,1-3H3. The number of H-pyrrole nitrogens is 1. The summed E-state index contributed by atoms with van der Waals surface area (Å²) in [6, 6.07) is 16.1. The van der Waals surface area contributed by atoms with Crippen LogP contribution in [0.15, 0.2) is 53.1 Å². The van der Waals surface area contributed by atoms with Crippen LogP contribution in [0.2, 0.25) is 0 Å². The van der Waals surface area contributed by atoms with E-state index < -0.39 is 5.60 Å². The fourth-order valence-corrected chi connectivity index (χ4v) is 6.24. The topological polar surface area (TPSA) is 109 Å². The third-order valence-corrected chi connectivity index (χ3v) is 8.73. The van der Waals surface area contributed by atoms with Crippen LogP contribution in [0.1, 0.15) is 55.3 Å². The van der Waals surface area contributed by atoms with Gasteiger partial charge in [0.1, 0.15) is 11.2 Å². The average Bonchev–Trinajstić information content (AvgIpc) is 3.65. The molecule has 2 fully saturated rings. The molecule has 2 aliphatic heterocycles. The normalized spacial score (nSPS) is 16.4. The maximum atomic E-state index is 13.2. The highest BCUT2D eigenvalue weighted by Crippen LogP contribution is 2.27. The van der Waals surface area contributed by atoms with Crippen molar-refractivity contribution in [3.63, 3.8) is 0 Å². The van der Waals surface area contributed by atoms with Crippen LogP contribution < -0.4 is 4.90 Å². The molecule has 45 heavy (non-hydrogen) atoms. The maximum Gasteiger partial charge on any atom is 0.410 e. The van der Waals surface area contributed by atoms with Crippen LogP contribution in [0.3, 0.4) is 0 Å². The van der Waals surface area contributed by atoms with Crippen LogP contribution >= 0.6 is 0 Å². The van der Waals surface area contributed by atoms with Gasteiger partial charge in [0, 0.05) is 80.5 Å². The molecule has 2 saturated heterocycles. The molecule has 1 N–H and O–H groups in total. The number of aromatic nitrogens is 1. The summed E-state index contributed by atoms with van der Waals surface area (Å²) in [5.41, 5.74) is 4.38. The number of hydrogen-bond donors (Lipinski definition) is 1. The number of nitrogens with zero attached hydrogens (tertiary/aromatic N) is 5. The molecule has 0 unspecified atom stereocenters. The van der Waals surface area contributed by atoms with Gasteiger partial charge in [-0.15, -0.1) is 0 Å². The second-order valence-corrected chi connectivity index (χ2v) is 13.1. The highest BCUT2D eigenvalue weighted by Gasteiger charge is 2.29. The Kier molecular flexibility index (Phi) is 8.72. The minimum Gasteiger partial charge on any atom is -0.451 e. The van der Waals surface area contributed by atoms with E-state index in [0.29, 0.717) is 43.1 Å². The van der Waals surface area contributed by atoms with Crippen molar-refractivity contribution >= 4 is 39.6 Å². The second-order valence-electron chi connectivity index (χ2n) is 13.1. The third-order valence-electron chi connectivity index (χ3n) is 8.73. The first-order chi connectivity index (χ1) is 21.7. The lowest BCUT2D eigenvalue weighted by Crippen LogP contribution is -2.51. The molecule has 0 atom stereocenters. The summed E-state index contributed by atoms with van der Waals surface area (Å²) in [6.07, 6.45) is 4.99. The van der Waals surface area contributed by atoms with Crippen LogP contribution in [0.4, 0.5) is 10.5 Å². The predicted octanol–water partition coefficient (Wildman–Crippen LogP) is 5.62. The highest BCUT2D eigenvalue weighted by molar-refractivity contribution is 5.97. The van der Waals surface area contributed by atoms with Crippen molar-refractivity contribution in [1.82, 2.24) is 19.7 Å². The minimum absolute atomic E-state index is 0.151. The molecule has 2 aliphatic rings. The number of nitrogens with one attached hydrogen (secondary N) is 1. The Morgan fingerprint density at radius 2 is 1.69 bits per heavy atom. The molecule has 4 heterocycles. The van der Waals surface area contributed by atoms with Crippen molar-refractivity contribution in [1.29, 1.82) is 5.26 Å². The summed E-state index contributed by atoms with van der Waals surface area (Å²) >= 11 is 0. The zero-order valence-corrected chi connectivity index (χ0v) is 26.5. The number of anilines is 1. The smallest absolute Gasteiger partial charge is 0.410 e. The maximum absolute atomic E-state index is 13.2. The minimum atomic E-state index is -0.545. The monoisotopic (exact) mass is 610 g/mol. The SMILES string of the molecule is CC(C)(C)OC(=O)N1CCN(C(=O)c2cc3cc(N4CCN(CCCCc5c[nH]c6ccc(C#N)cc56)CC4)ccc3o2)CC1. The summed E-state index contributed by atoms with van der Waals surface area (Å²) in [4.78, 5) is 37.3. The lowest BCUT2D eigenvalue weighted by atomic mass is 10.1. The number of amides is 2. The average molecular weight is 611 g/mol. The molecule has 2 aromatic heterocycles. The second kappa shape index (κ2) is 12.9. The number of rotatable bonds is 7. The Balaban J connectivity index is 0.967. The fourth-order valence-electron chi connectivity index (χ4n) is 6.24. The van der Waals surface area contributed by atoms with Gasteiger partial charge in [-0.2, -0.15) is 5.26 Å². The molecule has 0 saturated carbocycles. The summed E-state index contributed by atoms with van der Waals surface area (Å²) in [5, 5.41) is 11.3. The van der Waals surface area contributed by atoms with Gasteiger partial charge in [0.25, 0.3) is 5.91 Å². The number of ether oxygens (including phenoxy) is 1. The van der Waals surface area contributed by atoms with Crippen LogP contribution in [0, 0.1) is 11.3 Å². The summed E-state index contributed by atoms with van der Waals surface area (Å²) in [6.45, 7) is 12.3. The number of aryl methyl sites for hydroxylation is 1. The molecule has 0 bridgehead atoms. The molecule has 2 aromatic carbocycles. The number of nitriles is 1. The van der Waals surface area contributed by atoms with Gasteiger partial charge in [-0.25, -0.2) is 4.79 Å². The zero-order valence-electron chi connectivity index (χ0n) is 26.5. The number of benzene rings is 2. The molecule has 10 heteroatoms. The number of furan rings is 1. The first-order valence-electron chi connectivity index (χ1n) is 15.9. The largest absolute Gasteiger partial charge is 0.451 e. The molecular formula is C35H42N6O4. The van der Waals surface area contributed by atoms with E-state index in [9.17, 15) is 14.9 Å². The van der Waals surface area contributed by atoms with E-state index in [1.807, 2.05) is 51.1 Å². The van der Waals surface area contributed by atoms with Crippen molar-refractivity contribution in [3.05, 3.63) is 65.5 Å². The number of unbranched alkanes of at least 4 members (excludes halogenated alkanes) is 1. The van der Waals surface area contributed by atoms with Gasteiger partial charge in [0.2, 0.25) is 0 Å². The molecule has 6 rings (SSSR count). The number of carbonyl (C=O) groups excluding carboxylic acids is 2. The number of fused-ring (bicyclic) bond motifs is 2. The Bertz CT molecular complexity index is 1710. The fraction of sp³-hybridized carbons (Fsp3) is 0.457. The van der Waals surface area contributed by atoms with E-state index in [0.717, 1.165) is 74.0 Å². The highest BCUT2D eigenvalue weighted by atomic mass is 16.6. The van der Waals surface area contributed by atoms with Crippen molar-refractivity contribution in [2.24, 2.45) is 0 Å². The molecule has 10 nitrogen and oxygen atoms in total. The predicted molar refractivity (Wildman–Crippen MR) is 175 cm³/mol. The molecule has 236 valence electrons. The summed E-state index contributed by atoms with van der Waals surface area (Å²) in [7, 11) is 0. The Hall–Kier alpha value is -4.49. The van der Waals surface area contributed by atoms with Crippen molar-refractivity contribution in [2.75, 3.05) is 63.8 Å². The van der Waals surface area contributed by atoms with Gasteiger partial charge in [0.15, 0.2) is 5.76 Å². The van der Waals surface area contributed by atoms with E-state index in [-0.39, 0.29) is 12.0 Å². The molecule has 0 radical (unpaired) electrons. The first-order valence-corrected chi connectivity index (χ1v) is 15.9. The van der Waals surface area contributed by atoms with E-state index in [1.54, 1.807) is 9.80 Å². The molecule has 0 aliphatic carbocycles. The summed E-state index contributed by atoms with van der Waals surface area (Å²) in [5.74, 6) is 0.178. The number of hydrogen-bond acceptors (Lipinski definition) is 7. The number of carbonyl (C=O) groups is 2. The van der Waals surface area contributed by atoms with E-state index in [2.05, 4.69) is 39.2 Å². The van der Waals surface area contributed by atoms with Gasteiger partial charge in [-0.05, 0) is 94.6 Å². The van der Waals surface area contributed by atoms with E-state index in [4.69, 9.17) is 9.15 Å². The first kappa shape index (κ1) is 30.5. The van der Waals surface area contributed by atoms with Gasteiger partial charge >= 0.3 is 6.09 Å². The number of aromatic amines is 1. The van der Waals surface area contributed by atoms with Crippen LogP contribution in [-0.4, -0.2) is 96.2 Å². The lowest BCUT2D eigenvalue weighted by molar-refractivity contribution is 0.0137. The molecule has 4 aromatic rings. The van der Waals surface area contributed by atoms with Crippen molar-refractivity contribution in [2.45, 2.75) is 45.6 Å². The van der Waals surface area contributed by atoms with Crippen LogP contribution in [-0.2, 0) is 11.2 Å². The Morgan fingerprint density at radius 1 is 0.933 bits per heavy atom. The lowest BCUT2D eigenvalue weighted by Gasteiger charge is -2.36. The third kappa shape index (κ3) is 7.10. The van der Waals surface area contributed by atoms with Crippen LogP contribution in [0.5, 0.6) is 0 Å². The van der Waals surface area contributed by atoms with Gasteiger partial charge < -0.3 is 28.8 Å². The van der Waals surface area contributed by atoms with E-state index >= 15 is 0 Å². The zero-order chi connectivity index (χ0) is 31.6.